The van der Waals surface area contributed by atoms with Crippen LogP contribution in [0.2, 0.25) is 0 Å². The lowest BCUT2D eigenvalue weighted by molar-refractivity contribution is -0.0714. The number of hydrogen-bond acceptors (Lipinski definition) is 3. The summed E-state index contributed by atoms with van der Waals surface area (Å²) in [6, 6.07) is 11.9. The number of rotatable bonds is 4. The lowest BCUT2D eigenvalue weighted by Gasteiger charge is -2.39. The molecule has 1 aromatic carbocycles. The molecule has 2 heterocycles. The minimum absolute atomic E-state index is 0.176. The van der Waals surface area contributed by atoms with E-state index in [1.54, 1.807) is 0 Å². The smallest absolute Gasteiger partial charge is 0.0795 e. The van der Waals surface area contributed by atoms with Gasteiger partial charge in [-0.15, -0.1) is 0 Å². The number of nitrogens with one attached hydrogen (secondary N) is 1. The molecule has 20 heavy (non-hydrogen) atoms. The van der Waals surface area contributed by atoms with Crippen LogP contribution in [0.15, 0.2) is 30.3 Å². The van der Waals surface area contributed by atoms with Crippen LogP contribution in [0, 0.1) is 0 Å². The van der Waals surface area contributed by atoms with Gasteiger partial charge in [0.15, 0.2) is 0 Å². The lowest BCUT2D eigenvalue weighted by atomic mass is 9.89. The third-order valence-corrected chi connectivity index (χ3v) is 5.83. The fourth-order valence-electron chi connectivity index (χ4n) is 3.45. The van der Waals surface area contributed by atoms with E-state index in [-0.39, 0.29) is 5.60 Å². The fourth-order valence-corrected chi connectivity index (χ4v) is 4.83. The van der Waals surface area contributed by atoms with Gasteiger partial charge in [0.1, 0.15) is 0 Å². The monoisotopic (exact) mass is 291 g/mol. The van der Waals surface area contributed by atoms with Crippen molar-refractivity contribution >= 4 is 11.8 Å². The summed E-state index contributed by atoms with van der Waals surface area (Å²) in [7, 11) is 0. The van der Waals surface area contributed by atoms with Gasteiger partial charge in [0.25, 0.3) is 0 Å². The third kappa shape index (κ3) is 3.21. The second-order valence-electron chi connectivity index (χ2n) is 6.06. The van der Waals surface area contributed by atoms with E-state index >= 15 is 0 Å². The van der Waals surface area contributed by atoms with Crippen LogP contribution in [-0.4, -0.2) is 29.8 Å². The molecule has 0 saturated carbocycles. The Morgan fingerprint density at radius 1 is 1.40 bits per heavy atom. The number of ether oxygens (including phenoxy) is 1. The summed E-state index contributed by atoms with van der Waals surface area (Å²) in [5.41, 5.74) is 1.59. The van der Waals surface area contributed by atoms with Crippen molar-refractivity contribution in [2.75, 3.05) is 18.1 Å². The molecule has 2 nitrogen and oxygen atoms in total. The van der Waals surface area contributed by atoms with E-state index in [9.17, 15) is 0 Å². The summed E-state index contributed by atoms with van der Waals surface area (Å²) < 4.78 is 6.12. The van der Waals surface area contributed by atoms with Gasteiger partial charge in [-0.2, -0.15) is 11.8 Å². The van der Waals surface area contributed by atoms with Crippen LogP contribution in [0.5, 0.6) is 0 Å². The van der Waals surface area contributed by atoms with E-state index in [1.165, 1.54) is 29.9 Å². The molecular weight excluding hydrogens is 266 g/mol. The minimum Gasteiger partial charge on any atom is -0.374 e. The van der Waals surface area contributed by atoms with E-state index in [0.29, 0.717) is 12.1 Å². The first-order chi connectivity index (χ1) is 9.81. The van der Waals surface area contributed by atoms with E-state index in [2.05, 4.69) is 42.6 Å². The molecule has 2 fully saturated rings. The molecule has 0 radical (unpaired) electrons. The van der Waals surface area contributed by atoms with Gasteiger partial charge in [0, 0.05) is 24.4 Å². The van der Waals surface area contributed by atoms with E-state index in [4.69, 9.17) is 4.74 Å². The summed E-state index contributed by atoms with van der Waals surface area (Å²) in [6.07, 6.45) is 4.71. The van der Waals surface area contributed by atoms with Gasteiger partial charge in [-0.25, -0.2) is 0 Å². The Morgan fingerprint density at radius 2 is 2.25 bits per heavy atom. The van der Waals surface area contributed by atoms with Crippen molar-refractivity contribution in [3.05, 3.63) is 35.9 Å². The Hall–Kier alpha value is -0.510. The molecule has 3 rings (SSSR count). The van der Waals surface area contributed by atoms with Crippen LogP contribution in [0.4, 0.5) is 0 Å². The Labute approximate surface area is 126 Å². The second kappa shape index (κ2) is 6.50. The highest BCUT2D eigenvalue weighted by molar-refractivity contribution is 7.99. The molecule has 0 bridgehead atoms. The quantitative estimate of drug-likeness (QED) is 0.912. The highest BCUT2D eigenvalue weighted by Gasteiger charge is 2.40. The Kier molecular flexibility index (Phi) is 4.69. The van der Waals surface area contributed by atoms with E-state index in [1.807, 2.05) is 11.8 Å². The average molecular weight is 291 g/mol. The normalized spacial score (nSPS) is 31.6. The summed E-state index contributed by atoms with van der Waals surface area (Å²) in [5, 5.41) is 3.88. The zero-order valence-electron chi connectivity index (χ0n) is 12.3. The second-order valence-corrected chi connectivity index (χ2v) is 7.17. The number of thioether (sulfide) groups is 1. The van der Waals surface area contributed by atoms with Crippen molar-refractivity contribution in [3.8, 4) is 0 Å². The van der Waals surface area contributed by atoms with Gasteiger partial charge >= 0.3 is 0 Å². The van der Waals surface area contributed by atoms with Crippen molar-refractivity contribution in [3.63, 3.8) is 0 Å². The summed E-state index contributed by atoms with van der Waals surface area (Å²) in [6.45, 7) is 3.19. The van der Waals surface area contributed by atoms with E-state index < -0.39 is 0 Å². The first kappa shape index (κ1) is 14.4. The van der Waals surface area contributed by atoms with Crippen molar-refractivity contribution in [2.24, 2.45) is 0 Å². The first-order valence-corrected chi connectivity index (χ1v) is 8.99. The van der Waals surface area contributed by atoms with E-state index in [0.717, 1.165) is 19.4 Å². The van der Waals surface area contributed by atoms with Crippen LogP contribution in [0.3, 0.4) is 0 Å². The Morgan fingerprint density at radius 3 is 2.95 bits per heavy atom. The molecule has 1 N–H and O–H groups in total. The summed E-state index contributed by atoms with van der Waals surface area (Å²) in [4.78, 5) is 0. The molecule has 0 aromatic heterocycles. The van der Waals surface area contributed by atoms with Crippen molar-refractivity contribution in [1.29, 1.82) is 0 Å². The van der Waals surface area contributed by atoms with Gasteiger partial charge in [-0.05, 0) is 37.0 Å². The van der Waals surface area contributed by atoms with Crippen LogP contribution in [0.25, 0.3) is 0 Å². The predicted octanol–water partition coefficient (Wildman–Crippen LogP) is 3.78. The standard InChI is InChI=1S/C17H25NOS/c1-2-16(14-6-4-3-5-7-14)18-15-8-10-19-17(12-15)9-11-20-13-17/h3-7,15-16,18H,2,8-13H2,1H3. The highest BCUT2D eigenvalue weighted by atomic mass is 32.2. The van der Waals surface area contributed by atoms with Gasteiger partial charge in [0.05, 0.1) is 5.60 Å². The minimum atomic E-state index is 0.176. The van der Waals surface area contributed by atoms with Crippen LogP contribution in [0.1, 0.15) is 44.2 Å². The van der Waals surface area contributed by atoms with Gasteiger partial charge < -0.3 is 10.1 Å². The van der Waals surface area contributed by atoms with Crippen LogP contribution < -0.4 is 5.32 Å². The fraction of sp³-hybridized carbons (Fsp3) is 0.647. The maximum absolute atomic E-state index is 6.12. The van der Waals surface area contributed by atoms with Crippen molar-refractivity contribution in [1.82, 2.24) is 5.32 Å². The van der Waals surface area contributed by atoms with Gasteiger partial charge in [0.2, 0.25) is 0 Å². The molecule has 2 saturated heterocycles. The molecule has 3 unspecified atom stereocenters. The topological polar surface area (TPSA) is 21.3 Å². The van der Waals surface area contributed by atoms with Gasteiger partial charge in [-0.3, -0.25) is 0 Å². The molecule has 3 atom stereocenters. The van der Waals surface area contributed by atoms with Crippen LogP contribution >= 0.6 is 11.8 Å². The number of benzene rings is 1. The molecular formula is C17H25NOS. The highest BCUT2D eigenvalue weighted by Crippen LogP contribution is 2.38. The van der Waals surface area contributed by atoms with Gasteiger partial charge in [-0.1, -0.05) is 37.3 Å². The molecule has 110 valence electrons. The Bertz CT molecular complexity index is 416. The molecule has 1 spiro atoms. The molecule has 3 heteroatoms. The maximum Gasteiger partial charge on any atom is 0.0795 e. The van der Waals surface area contributed by atoms with Crippen LogP contribution in [-0.2, 0) is 4.74 Å². The lowest BCUT2D eigenvalue weighted by Crippen LogP contribution is -2.48. The molecule has 2 aliphatic rings. The predicted molar refractivity (Wildman–Crippen MR) is 86.3 cm³/mol. The summed E-state index contributed by atoms with van der Waals surface area (Å²) >= 11 is 2.05. The third-order valence-electron chi connectivity index (χ3n) is 4.61. The summed E-state index contributed by atoms with van der Waals surface area (Å²) in [5.74, 6) is 2.45. The number of hydrogen-bond donors (Lipinski definition) is 1. The largest absolute Gasteiger partial charge is 0.374 e. The average Bonchev–Trinajstić information content (AvgIpc) is 2.93. The van der Waals surface area contributed by atoms with Crippen molar-refractivity contribution in [2.45, 2.75) is 50.3 Å². The maximum atomic E-state index is 6.12. The molecule has 1 aromatic rings. The molecule has 0 amide bonds. The zero-order valence-corrected chi connectivity index (χ0v) is 13.1. The SMILES string of the molecule is CCC(NC1CCOC2(CCSC2)C1)c1ccccc1. The zero-order chi connectivity index (χ0) is 13.8. The Balaban J connectivity index is 1.64. The molecule has 0 aliphatic carbocycles. The first-order valence-electron chi connectivity index (χ1n) is 7.84. The molecule has 2 aliphatic heterocycles. The van der Waals surface area contributed by atoms with Crippen molar-refractivity contribution < 1.29 is 4.74 Å².